The summed E-state index contributed by atoms with van der Waals surface area (Å²) in [5, 5.41) is 85.9. The lowest BCUT2D eigenvalue weighted by Crippen LogP contribution is -2.79. The van der Waals surface area contributed by atoms with Crippen LogP contribution in [0.25, 0.3) is 16.3 Å². The number of Topliss-reactive ketones (excluding diaryl/α,β-unsaturated/α-hetero) is 1. The first-order valence-electron chi connectivity index (χ1n) is 35.1. The maximum Gasteiger partial charge on any atom is 0.261 e. The number of carbonyl (C=O) groups excluding carboxylic acids is 3. The molecule has 9 spiro atoms. The number of hydrogen-bond donors (Lipinski definition) is 9. The molecule has 8 fully saturated rings. The van der Waals surface area contributed by atoms with Crippen molar-refractivity contribution in [3.63, 3.8) is 0 Å². The topological polar surface area (TPSA) is 260 Å². The van der Waals surface area contributed by atoms with Crippen LogP contribution < -0.4 is 10.1 Å². The quantitative estimate of drug-likeness (QED) is 0.0641. The molecule has 16 nitrogen and oxygen atoms in total. The number of ketones is 3. The fraction of sp³-hybridized carbons (Fsp3) is 0.592. The molecule has 12 aliphatic carbocycles. The molecule has 16 aliphatic rings. The maximum atomic E-state index is 15.7. The summed E-state index contributed by atoms with van der Waals surface area (Å²) < 4.78 is 15.4. The number of phenols is 1. The third-order valence-electron chi connectivity index (χ3n) is 29.1. The smallest absolute Gasteiger partial charge is 0.261 e. The zero-order valence-electron chi connectivity index (χ0n) is 52.3. The fourth-order valence-corrected chi connectivity index (χ4v) is 25.9. The van der Waals surface area contributed by atoms with Gasteiger partial charge in [-0.25, -0.2) is 9.97 Å². The standard InChI is InChI=1S/C76H81N5O11/c1-38-28-43-53(48(83)29-38)60(86)55-49-30-42-41(54(55)59(43)85)16-27-77-66(42)78-34-52(84)73-36-69(19-4-5-20-69)46-12-8-10-39-11-9-13-50-71(21-6-7-22-71)72(23-14-40(82)15-24-72)62-63(80-37-79-62)75(39,50)51-31-44(56(46)73)58(81-51)45-32-74(91-49)64(88)61(87)65(89)76(92-74)57(45)47(73)33-70(67(76)90)26-25-68(35-70)17-2-3-18-68/h16,27-32,37,39,46,50,52,56,61,64-65,67,81,83-84,87-90H,2-7,9-11,13-15,17-26,33-36H2,1H3,(H,77,78)(H,79,80)/t39-,46-,50-,52-,56-,61+,64+,65-,67-,70+,73+,74+,75-,76-/m0/s1. The molecule has 92 heavy (non-hydrogen) atoms. The van der Waals surface area contributed by atoms with E-state index in [9.17, 15) is 35.4 Å². The Kier molecular flexibility index (Phi) is 11.0. The normalized spacial score (nSPS) is 39.4. The van der Waals surface area contributed by atoms with Crippen LogP contribution in [0.4, 0.5) is 5.82 Å². The molecular formula is C76H81N5O11. The van der Waals surface area contributed by atoms with Crippen LogP contribution in [0.2, 0.25) is 0 Å². The SMILES string of the molecule is Cc1cc(O)c2c(c1)C(=O)c1c(c3cc4c(nccc14)NC[C@H](O)[C@@]14CC5(CCCC5)[C@H]5C#CC[C@H]6CCC[C@H]7C8(CCCC8)C8(CCC(=O)CC8)c8nc[nH]c8[C@@]67c6cc(c([nH]6)C6=C[C@@]7(O3)O[C@@]3(C6=C1C[C@@]1(CCC6(CCCC6)C1)[C@@H]3O)[C@@H](O)[C@H](O)[C@H]7O)[C@@H]54)C2=O. The van der Waals surface area contributed by atoms with E-state index in [-0.39, 0.29) is 79.7 Å². The Balaban J connectivity index is 0.927. The fourth-order valence-electron chi connectivity index (χ4n) is 25.9. The van der Waals surface area contributed by atoms with Crippen molar-refractivity contribution in [3.8, 4) is 23.3 Å². The van der Waals surface area contributed by atoms with Crippen LogP contribution in [-0.4, -0.2) is 116 Å². The molecule has 4 aliphatic heterocycles. The van der Waals surface area contributed by atoms with Gasteiger partial charge in [0.25, 0.3) is 5.79 Å². The minimum atomic E-state index is -2.52. The van der Waals surface area contributed by atoms with Gasteiger partial charge in [-0.15, -0.1) is 5.92 Å². The molecule has 3 aromatic heterocycles. The highest BCUT2D eigenvalue weighted by atomic mass is 16.7. The van der Waals surface area contributed by atoms with Gasteiger partial charge >= 0.3 is 0 Å². The Labute approximate surface area is 533 Å². The molecule has 0 unspecified atom stereocenters. The number of fused-ring (bicyclic) bond motifs is 11. The van der Waals surface area contributed by atoms with E-state index in [0.717, 1.165) is 144 Å². The second kappa shape index (κ2) is 18.1. The number of aryl methyl sites for hydroxylation is 1. The second-order valence-corrected chi connectivity index (χ2v) is 32.4. The first-order valence-corrected chi connectivity index (χ1v) is 35.1. The Morgan fingerprint density at radius 2 is 1.54 bits per heavy atom. The summed E-state index contributed by atoms with van der Waals surface area (Å²) in [7, 11) is 0. The number of aliphatic hydroxyl groups is 5. The van der Waals surface area contributed by atoms with Crippen molar-refractivity contribution in [1.29, 1.82) is 0 Å². The minimum Gasteiger partial charge on any atom is -0.507 e. The van der Waals surface area contributed by atoms with Gasteiger partial charge < -0.3 is 55.4 Å². The largest absolute Gasteiger partial charge is 0.507 e. The van der Waals surface area contributed by atoms with Crippen LogP contribution in [0.15, 0.2) is 60.1 Å². The highest BCUT2D eigenvalue weighted by Crippen LogP contribution is 2.80. The monoisotopic (exact) mass is 1240 g/mol. The summed E-state index contributed by atoms with van der Waals surface area (Å²) in [4.78, 5) is 63.4. The number of nitrogens with zero attached hydrogens (tertiary/aromatic N) is 2. The Morgan fingerprint density at radius 3 is 2.35 bits per heavy atom. The molecule has 5 aromatic rings. The van der Waals surface area contributed by atoms with Gasteiger partial charge in [0.15, 0.2) is 17.5 Å². The second-order valence-electron chi connectivity index (χ2n) is 32.4. The number of carbonyl (C=O) groups is 3. The molecule has 476 valence electrons. The molecule has 9 N–H and O–H groups in total. The molecule has 14 atom stereocenters. The van der Waals surface area contributed by atoms with Crippen molar-refractivity contribution < 1.29 is 54.5 Å². The summed E-state index contributed by atoms with van der Waals surface area (Å²) >= 11 is 0. The van der Waals surface area contributed by atoms with E-state index in [0.29, 0.717) is 89.7 Å². The number of aliphatic hydroxyl groups excluding tert-OH is 5. The van der Waals surface area contributed by atoms with E-state index >= 15 is 9.59 Å². The molecule has 16 heteroatoms. The third-order valence-corrected chi connectivity index (χ3v) is 29.1. The van der Waals surface area contributed by atoms with Gasteiger partial charge in [0, 0.05) is 93.6 Å². The number of H-pyrrole nitrogens is 2. The lowest BCUT2D eigenvalue weighted by Gasteiger charge is -2.66. The van der Waals surface area contributed by atoms with Crippen molar-refractivity contribution in [3.05, 3.63) is 116 Å². The number of pyridine rings is 1. The predicted molar refractivity (Wildman–Crippen MR) is 338 cm³/mol. The number of anilines is 1. The molecule has 0 radical (unpaired) electrons. The molecular weight excluding hydrogens is 1160 g/mol. The molecule has 21 rings (SSSR count). The van der Waals surface area contributed by atoms with E-state index in [2.05, 4.69) is 33.2 Å². The van der Waals surface area contributed by atoms with Crippen molar-refractivity contribution in [2.45, 2.75) is 226 Å². The molecule has 10 bridgehead atoms. The summed E-state index contributed by atoms with van der Waals surface area (Å²) in [5.41, 5.74) is 0.856. The summed E-state index contributed by atoms with van der Waals surface area (Å²) in [6.45, 7) is 1.71. The van der Waals surface area contributed by atoms with Gasteiger partial charge in [0.05, 0.1) is 46.5 Å². The maximum absolute atomic E-state index is 15.7. The van der Waals surface area contributed by atoms with E-state index in [1.54, 1.807) is 37.4 Å². The van der Waals surface area contributed by atoms with Crippen molar-refractivity contribution in [2.75, 3.05) is 11.9 Å². The van der Waals surface area contributed by atoms with Gasteiger partial charge in [0.2, 0.25) is 5.78 Å². The summed E-state index contributed by atoms with van der Waals surface area (Å²) in [6.07, 6.45) is 17.8. The summed E-state index contributed by atoms with van der Waals surface area (Å²) in [5.74, 6) is 3.96. The van der Waals surface area contributed by atoms with Crippen LogP contribution in [0.3, 0.4) is 0 Å². The average Bonchev–Trinajstić information content (AvgIpc) is 1.36. The van der Waals surface area contributed by atoms with Crippen LogP contribution in [0.1, 0.15) is 232 Å². The van der Waals surface area contributed by atoms with E-state index < -0.39 is 75.6 Å². The summed E-state index contributed by atoms with van der Waals surface area (Å²) in [6, 6.07) is 8.78. The molecule has 7 saturated carbocycles. The average molecular weight is 1240 g/mol. The van der Waals surface area contributed by atoms with Gasteiger partial charge in [0.1, 0.15) is 35.3 Å². The van der Waals surface area contributed by atoms with Gasteiger partial charge in [-0.3, -0.25) is 14.4 Å². The number of benzene rings is 2. The van der Waals surface area contributed by atoms with E-state index in [1.165, 1.54) is 6.07 Å². The highest BCUT2D eigenvalue weighted by Gasteiger charge is 2.79. The van der Waals surface area contributed by atoms with Crippen molar-refractivity contribution in [2.24, 2.45) is 44.8 Å². The number of nitrogens with one attached hydrogen (secondary N) is 3. The van der Waals surface area contributed by atoms with Crippen molar-refractivity contribution >= 4 is 39.5 Å². The molecule has 7 heterocycles. The first-order chi connectivity index (χ1) is 44.4. The number of imidazole rings is 1. The molecule has 0 amide bonds. The number of rotatable bonds is 0. The Bertz CT molecular complexity index is 4320. The van der Waals surface area contributed by atoms with Crippen molar-refractivity contribution in [1.82, 2.24) is 19.9 Å². The van der Waals surface area contributed by atoms with E-state index in [4.69, 9.17) is 19.4 Å². The van der Waals surface area contributed by atoms with Crippen LogP contribution >= 0.6 is 0 Å². The van der Waals surface area contributed by atoms with Crippen LogP contribution in [0, 0.1) is 63.6 Å². The first kappa shape index (κ1) is 55.9. The number of phenolic OH excluding ortho intramolecular Hbond substituents is 1. The van der Waals surface area contributed by atoms with Crippen LogP contribution in [-0.2, 0) is 20.4 Å². The lowest BCUT2D eigenvalue weighted by atomic mass is 9.37. The minimum absolute atomic E-state index is 0.0143. The van der Waals surface area contributed by atoms with Gasteiger partial charge in [-0.1, -0.05) is 56.4 Å². The van der Waals surface area contributed by atoms with Crippen LogP contribution in [0.5, 0.6) is 11.5 Å². The molecule has 2 aromatic carbocycles. The number of aromatic hydroxyl groups is 1. The molecule has 1 saturated heterocycles. The third kappa shape index (κ3) is 6.30. The number of ether oxygens (including phenoxy) is 2. The number of aromatic amines is 2. The number of aromatic nitrogens is 4. The van der Waals surface area contributed by atoms with Gasteiger partial charge in [-0.2, -0.15) is 0 Å². The zero-order chi connectivity index (χ0) is 62.2. The Morgan fingerprint density at radius 1 is 0.761 bits per heavy atom. The zero-order valence-corrected chi connectivity index (χ0v) is 52.3. The predicted octanol–water partition coefficient (Wildman–Crippen LogP) is 10.4. The lowest BCUT2D eigenvalue weighted by molar-refractivity contribution is -0.366. The highest BCUT2D eigenvalue weighted by molar-refractivity contribution is 6.34. The van der Waals surface area contributed by atoms with Gasteiger partial charge in [-0.05, 0) is 190 Å². The number of hydrogen-bond acceptors (Lipinski definition) is 14. The van der Waals surface area contributed by atoms with E-state index in [1.807, 2.05) is 6.33 Å². The Hall–Kier alpha value is -6.45.